The number of amides is 1. The number of nitrogens with zero attached hydrogens (tertiary/aromatic N) is 1. The molecule has 1 N–H and O–H groups in total. The third-order valence-electron chi connectivity index (χ3n) is 4.42. The lowest BCUT2D eigenvalue weighted by atomic mass is 9.98. The van der Waals surface area contributed by atoms with Gasteiger partial charge in [-0.1, -0.05) is 25.7 Å². The smallest absolute Gasteiger partial charge is 0.225 e. The van der Waals surface area contributed by atoms with E-state index in [1.165, 1.54) is 25.7 Å². The fourth-order valence-electron chi connectivity index (χ4n) is 3.17. The maximum Gasteiger partial charge on any atom is 0.225 e. The third-order valence-corrected chi connectivity index (χ3v) is 4.42. The minimum atomic E-state index is -0.276. The summed E-state index contributed by atoms with van der Waals surface area (Å²) in [4.78, 5) is 14.4. The molecular weight excluding hydrogens is 214 g/mol. The predicted molar refractivity (Wildman–Crippen MR) is 67.6 cm³/mol. The molecule has 0 spiro atoms. The van der Waals surface area contributed by atoms with Gasteiger partial charge in [-0.3, -0.25) is 4.79 Å². The van der Waals surface area contributed by atoms with Crippen molar-refractivity contribution in [3.63, 3.8) is 0 Å². The van der Waals surface area contributed by atoms with Gasteiger partial charge in [0.1, 0.15) is 0 Å². The number of carbonyl (C=O) groups excluding carboxylic acids is 1. The van der Waals surface area contributed by atoms with E-state index in [1.54, 1.807) is 0 Å². The van der Waals surface area contributed by atoms with Crippen LogP contribution in [-0.4, -0.2) is 35.1 Å². The van der Waals surface area contributed by atoms with Crippen LogP contribution in [0.15, 0.2) is 0 Å². The Morgan fingerprint density at radius 1 is 1.18 bits per heavy atom. The van der Waals surface area contributed by atoms with E-state index in [1.807, 2.05) is 11.8 Å². The van der Waals surface area contributed by atoms with E-state index < -0.39 is 0 Å². The van der Waals surface area contributed by atoms with Crippen molar-refractivity contribution in [2.45, 2.75) is 58.0 Å². The lowest BCUT2D eigenvalue weighted by molar-refractivity contribution is -0.135. The Balaban J connectivity index is 1.87. The van der Waals surface area contributed by atoms with Crippen molar-refractivity contribution in [2.75, 3.05) is 13.1 Å². The molecule has 0 bridgehead atoms. The maximum absolute atomic E-state index is 12.4. The van der Waals surface area contributed by atoms with Gasteiger partial charge in [-0.15, -0.1) is 0 Å². The van der Waals surface area contributed by atoms with Gasteiger partial charge in [-0.05, 0) is 26.2 Å². The first-order valence-electron chi connectivity index (χ1n) is 7.15. The van der Waals surface area contributed by atoms with Crippen LogP contribution in [0.1, 0.15) is 51.9 Å². The number of likely N-dealkylation sites (tertiary alicyclic amines) is 1. The Morgan fingerprint density at radius 2 is 1.82 bits per heavy atom. The van der Waals surface area contributed by atoms with Crippen LogP contribution < -0.4 is 0 Å². The Hall–Kier alpha value is -0.570. The van der Waals surface area contributed by atoms with E-state index in [0.717, 1.165) is 32.4 Å². The van der Waals surface area contributed by atoms with Crippen LogP contribution in [0.5, 0.6) is 0 Å². The number of rotatable bonds is 2. The van der Waals surface area contributed by atoms with E-state index in [4.69, 9.17) is 0 Å². The molecule has 1 heterocycles. The highest BCUT2D eigenvalue weighted by molar-refractivity contribution is 5.79. The largest absolute Gasteiger partial charge is 0.393 e. The molecule has 1 saturated heterocycles. The number of aliphatic hydroxyl groups excluding tert-OH is 1. The summed E-state index contributed by atoms with van der Waals surface area (Å²) in [6.45, 7) is 3.46. The molecule has 3 heteroatoms. The first-order valence-corrected chi connectivity index (χ1v) is 7.15. The van der Waals surface area contributed by atoms with Crippen LogP contribution in [0, 0.1) is 11.8 Å². The normalized spacial score (nSPS) is 29.1. The molecule has 98 valence electrons. The van der Waals surface area contributed by atoms with Crippen LogP contribution >= 0.6 is 0 Å². The van der Waals surface area contributed by atoms with Crippen LogP contribution in [0.25, 0.3) is 0 Å². The molecule has 1 aliphatic carbocycles. The van der Waals surface area contributed by atoms with Crippen LogP contribution in [0.2, 0.25) is 0 Å². The zero-order valence-corrected chi connectivity index (χ0v) is 10.9. The van der Waals surface area contributed by atoms with E-state index in [0.29, 0.717) is 11.8 Å². The average Bonchev–Trinajstić information content (AvgIpc) is 2.65. The van der Waals surface area contributed by atoms with Gasteiger partial charge in [0.25, 0.3) is 0 Å². The van der Waals surface area contributed by atoms with Crippen molar-refractivity contribution in [1.29, 1.82) is 0 Å². The van der Waals surface area contributed by atoms with Gasteiger partial charge >= 0.3 is 0 Å². The lowest BCUT2D eigenvalue weighted by Gasteiger charge is -2.23. The van der Waals surface area contributed by atoms with Crippen molar-refractivity contribution >= 4 is 5.91 Å². The maximum atomic E-state index is 12.4. The van der Waals surface area contributed by atoms with Crippen molar-refractivity contribution in [3.8, 4) is 0 Å². The fraction of sp³-hybridized carbons (Fsp3) is 0.929. The summed E-state index contributed by atoms with van der Waals surface area (Å²) in [5.41, 5.74) is 0. The van der Waals surface area contributed by atoms with Crippen molar-refractivity contribution in [3.05, 3.63) is 0 Å². The fourth-order valence-corrected chi connectivity index (χ4v) is 3.17. The molecule has 2 fully saturated rings. The highest BCUT2D eigenvalue weighted by Crippen LogP contribution is 2.27. The van der Waals surface area contributed by atoms with Crippen LogP contribution in [0.3, 0.4) is 0 Å². The topological polar surface area (TPSA) is 40.5 Å². The molecule has 17 heavy (non-hydrogen) atoms. The zero-order chi connectivity index (χ0) is 12.3. The number of hydrogen-bond donors (Lipinski definition) is 1. The van der Waals surface area contributed by atoms with Gasteiger partial charge in [0, 0.05) is 24.9 Å². The summed E-state index contributed by atoms with van der Waals surface area (Å²) in [6, 6.07) is 0. The molecule has 0 aromatic rings. The van der Waals surface area contributed by atoms with Gasteiger partial charge in [0.15, 0.2) is 0 Å². The molecule has 1 saturated carbocycles. The predicted octanol–water partition coefficient (Wildman–Crippen LogP) is 2.19. The highest BCUT2D eigenvalue weighted by Gasteiger charge is 2.32. The number of aliphatic hydroxyl groups is 1. The number of hydrogen-bond acceptors (Lipinski definition) is 2. The summed E-state index contributed by atoms with van der Waals surface area (Å²) in [5.74, 6) is 0.921. The molecule has 0 aromatic heterocycles. The van der Waals surface area contributed by atoms with Gasteiger partial charge in [-0.25, -0.2) is 0 Å². The SMILES string of the molecule is CC(O)C1CCN(C(=O)C2CCCCCC2)C1. The van der Waals surface area contributed by atoms with Gasteiger partial charge < -0.3 is 10.0 Å². The Morgan fingerprint density at radius 3 is 2.35 bits per heavy atom. The summed E-state index contributed by atoms with van der Waals surface area (Å²) in [5, 5.41) is 9.57. The second kappa shape index (κ2) is 5.85. The van der Waals surface area contributed by atoms with Crippen LogP contribution in [0.4, 0.5) is 0 Å². The molecule has 1 aliphatic heterocycles. The molecule has 0 radical (unpaired) electrons. The van der Waals surface area contributed by atoms with E-state index in [9.17, 15) is 9.90 Å². The monoisotopic (exact) mass is 239 g/mol. The van der Waals surface area contributed by atoms with Gasteiger partial charge in [0.2, 0.25) is 5.91 Å². The molecular formula is C14H25NO2. The Bertz CT molecular complexity index is 257. The molecule has 2 atom stereocenters. The number of carbonyl (C=O) groups is 1. The molecule has 3 nitrogen and oxygen atoms in total. The lowest BCUT2D eigenvalue weighted by Crippen LogP contribution is -2.35. The minimum absolute atomic E-state index is 0.269. The third kappa shape index (κ3) is 3.21. The van der Waals surface area contributed by atoms with E-state index in [2.05, 4.69) is 0 Å². The molecule has 2 aliphatic rings. The van der Waals surface area contributed by atoms with Crippen molar-refractivity contribution in [2.24, 2.45) is 11.8 Å². The zero-order valence-electron chi connectivity index (χ0n) is 10.9. The second-order valence-corrected chi connectivity index (χ2v) is 5.76. The minimum Gasteiger partial charge on any atom is -0.393 e. The van der Waals surface area contributed by atoms with Crippen molar-refractivity contribution < 1.29 is 9.90 Å². The Labute approximate surface area is 104 Å². The van der Waals surface area contributed by atoms with E-state index >= 15 is 0 Å². The van der Waals surface area contributed by atoms with E-state index in [-0.39, 0.29) is 12.0 Å². The summed E-state index contributed by atoms with van der Waals surface area (Å²) >= 11 is 0. The summed E-state index contributed by atoms with van der Waals surface area (Å²) in [6.07, 6.45) is 7.86. The molecule has 2 unspecified atom stereocenters. The standard InChI is InChI=1S/C14H25NO2/c1-11(16)13-8-9-15(10-13)14(17)12-6-4-2-3-5-7-12/h11-13,16H,2-10H2,1H3. The van der Waals surface area contributed by atoms with Crippen molar-refractivity contribution in [1.82, 2.24) is 4.90 Å². The van der Waals surface area contributed by atoms with Gasteiger partial charge in [-0.2, -0.15) is 0 Å². The highest BCUT2D eigenvalue weighted by atomic mass is 16.3. The second-order valence-electron chi connectivity index (χ2n) is 5.76. The summed E-state index contributed by atoms with van der Waals surface area (Å²) < 4.78 is 0. The summed E-state index contributed by atoms with van der Waals surface area (Å²) in [7, 11) is 0. The first kappa shape index (κ1) is 12.9. The quantitative estimate of drug-likeness (QED) is 0.750. The molecule has 2 rings (SSSR count). The van der Waals surface area contributed by atoms with Gasteiger partial charge in [0.05, 0.1) is 6.10 Å². The average molecular weight is 239 g/mol. The first-order chi connectivity index (χ1) is 8.18. The Kier molecular flexibility index (Phi) is 4.43. The molecule has 1 amide bonds. The van der Waals surface area contributed by atoms with Crippen LogP contribution in [-0.2, 0) is 4.79 Å². The molecule has 0 aromatic carbocycles.